The van der Waals surface area contributed by atoms with Crippen LogP contribution in [0, 0.1) is 33.5 Å². The summed E-state index contributed by atoms with van der Waals surface area (Å²) in [5, 5.41) is 19.7. The molecule has 1 saturated heterocycles. The third kappa shape index (κ3) is 1.11. The van der Waals surface area contributed by atoms with E-state index in [0.717, 1.165) is 0 Å². The van der Waals surface area contributed by atoms with Crippen molar-refractivity contribution >= 4 is 5.84 Å². The zero-order valence-corrected chi connectivity index (χ0v) is 11.9. The minimum absolute atomic E-state index is 0.0845. The van der Waals surface area contributed by atoms with Crippen LogP contribution < -0.4 is 5.73 Å². The molecule has 7 nitrogen and oxygen atoms in total. The van der Waals surface area contributed by atoms with E-state index in [1.165, 1.54) is 0 Å². The smallest absolute Gasteiger partial charge is 0.293 e. The molecule has 1 spiro atoms. The van der Waals surface area contributed by atoms with E-state index >= 15 is 0 Å². The molecule has 2 aliphatic heterocycles. The summed E-state index contributed by atoms with van der Waals surface area (Å²) in [5.41, 5.74) is 4.12. The average Bonchev–Trinajstić information content (AvgIpc) is 2.93. The van der Waals surface area contributed by atoms with Crippen LogP contribution in [-0.2, 0) is 9.47 Å². The highest BCUT2D eigenvalue weighted by Gasteiger charge is 2.95. The zero-order valence-electron chi connectivity index (χ0n) is 11.9. The Morgan fingerprint density at radius 2 is 2.18 bits per heavy atom. The van der Waals surface area contributed by atoms with Gasteiger partial charge in [-0.3, -0.25) is 4.98 Å². The largest absolute Gasteiger partial charge is 0.386 e. The van der Waals surface area contributed by atoms with Gasteiger partial charge in [-0.05, 0) is 19.1 Å². The lowest BCUT2D eigenvalue weighted by atomic mass is 9.94. The van der Waals surface area contributed by atoms with Gasteiger partial charge in [-0.1, -0.05) is 6.07 Å². The fourth-order valence-corrected chi connectivity index (χ4v) is 3.85. The molecule has 0 aromatic carbocycles. The Hall–Kier alpha value is -2.48. The number of ether oxygens (including phenoxy) is 2. The summed E-state index contributed by atoms with van der Waals surface area (Å²) in [6.07, 6.45) is 1.40. The Balaban J connectivity index is 1.93. The Bertz CT molecular complexity index is 766. The van der Waals surface area contributed by atoms with Gasteiger partial charge in [0.05, 0.1) is 30.8 Å². The average molecular weight is 295 g/mol. The van der Waals surface area contributed by atoms with Gasteiger partial charge in [0.25, 0.3) is 5.91 Å². The highest BCUT2D eigenvalue weighted by atomic mass is 16.8. The van der Waals surface area contributed by atoms with Crippen molar-refractivity contribution in [3.63, 3.8) is 0 Å². The molecule has 0 bridgehead atoms. The van der Waals surface area contributed by atoms with Gasteiger partial charge in [0, 0.05) is 11.9 Å². The second-order valence-corrected chi connectivity index (χ2v) is 5.85. The van der Waals surface area contributed by atoms with E-state index in [-0.39, 0.29) is 11.9 Å². The van der Waals surface area contributed by atoms with Gasteiger partial charge in [0.1, 0.15) is 5.84 Å². The van der Waals surface area contributed by atoms with Gasteiger partial charge < -0.3 is 15.2 Å². The zero-order chi connectivity index (χ0) is 15.6. The molecule has 5 atom stereocenters. The molecule has 22 heavy (non-hydrogen) atoms. The highest BCUT2D eigenvalue weighted by Crippen LogP contribution is 2.82. The number of aliphatic imine (C=N–C) groups is 1. The van der Waals surface area contributed by atoms with Crippen LogP contribution in [0.5, 0.6) is 0 Å². The second kappa shape index (κ2) is 3.83. The maximum absolute atomic E-state index is 9.91. The standard InChI is InChI=1S/C15H13N5O2/c1-9-6-21-15(22-9)14(8-17)11(10-4-2-3-5-19-10)13(14,7-16)12(18)20-15/h2-5,9,11H,6H2,1H3,(H2,18,20). The molecule has 1 aliphatic carbocycles. The summed E-state index contributed by atoms with van der Waals surface area (Å²) in [6.45, 7) is 2.13. The van der Waals surface area contributed by atoms with E-state index in [1.54, 1.807) is 18.3 Å². The highest BCUT2D eigenvalue weighted by molar-refractivity contribution is 6.00. The molecule has 3 heterocycles. The first-order chi connectivity index (χ1) is 10.6. The maximum atomic E-state index is 9.91. The molecule has 4 rings (SSSR count). The molecular formula is C15H13N5O2. The molecule has 1 aromatic rings. The summed E-state index contributed by atoms with van der Waals surface area (Å²) < 4.78 is 11.5. The molecule has 110 valence electrons. The normalized spacial score (nSPS) is 45.0. The van der Waals surface area contributed by atoms with Crippen LogP contribution in [0.2, 0.25) is 0 Å². The number of nitrogens with zero attached hydrogens (tertiary/aromatic N) is 4. The van der Waals surface area contributed by atoms with Crippen LogP contribution in [-0.4, -0.2) is 29.4 Å². The van der Waals surface area contributed by atoms with E-state index in [4.69, 9.17) is 15.2 Å². The van der Waals surface area contributed by atoms with Gasteiger partial charge >= 0.3 is 0 Å². The minimum atomic E-state index is -1.51. The van der Waals surface area contributed by atoms with Crippen molar-refractivity contribution in [1.29, 1.82) is 10.5 Å². The van der Waals surface area contributed by atoms with E-state index in [9.17, 15) is 10.5 Å². The van der Waals surface area contributed by atoms with Crippen molar-refractivity contribution in [3.05, 3.63) is 30.1 Å². The predicted molar refractivity (Wildman–Crippen MR) is 73.9 cm³/mol. The summed E-state index contributed by atoms with van der Waals surface area (Å²) >= 11 is 0. The van der Waals surface area contributed by atoms with Crippen molar-refractivity contribution in [3.8, 4) is 12.1 Å². The van der Waals surface area contributed by atoms with Crippen LogP contribution in [0.1, 0.15) is 18.5 Å². The third-order valence-corrected chi connectivity index (χ3v) is 4.79. The van der Waals surface area contributed by atoms with E-state index in [1.807, 2.05) is 13.0 Å². The van der Waals surface area contributed by atoms with Crippen molar-refractivity contribution in [2.24, 2.45) is 21.6 Å². The summed E-state index contributed by atoms with van der Waals surface area (Å²) in [6, 6.07) is 9.79. The van der Waals surface area contributed by atoms with E-state index in [2.05, 4.69) is 22.1 Å². The van der Waals surface area contributed by atoms with Crippen molar-refractivity contribution in [2.75, 3.05) is 6.61 Å². The molecule has 2 N–H and O–H groups in total. The Morgan fingerprint density at radius 3 is 2.73 bits per heavy atom. The number of fused-ring (bicyclic) bond motifs is 2. The number of nitriles is 2. The molecule has 3 aliphatic rings. The predicted octanol–water partition coefficient (Wildman–Crippen LogP) is 0.659. The van der Waals surface area contributed by atoms with Crippen molar-refractivity contribution < 1.29 is 9.47 Å². The molecule has 0 amide bonds. The van der Waals surface area contributed by atoms with Crippen LogP contribution in [0.15, 0.2) is 29.4 Å². The quantitative estimate of drug-likeness (QED) is 0.813. The number of rotatable bonds is 1. The molecule has 1 saturated carbocycles. The van der Waals surface area contributed by atoms with Gasteiger partial charge in [0.2, 0.25) is 0 Å². The van der Waals surface area contributed by atoms with Gasteiger partial charge in [0.15, 0.2) is 10.8 Å². The van der Waals surface area contributed by atoms with Crippen molar-refractivity contribution in [2.45, 2.75) is 24.9 Å². The number of pyridine rings is 1. The third-order valence-electron chi connectivity index (χ3n) is 4.79. The Morgan fingerprint density at radius 1 is 1.36 bits per heavy atom. The first kappa shape index (κ1) is 13.2. The first-order valence-corrected chi connectivity index (χ1v) is 6.99. The van der Waals surface area contributed by atoms with Crippen LogP contribution in [0.25, 0.3) is 0 Å². The molecule has 5 unspecified atom stereocenters. The second-order valence-electron chi connectivity index (χ2n) is 5.85. The fourth-order valence-electron chi connectivity index (χ4n) is 3.85. The summed E-state index contributed by atoms with van der Waals surface area (Å²) in [7, 11) is 0. The topological polar surface area (TPSA) is 117 Å². The first-order valence-electron chi connectivity index (χ1n) is 6.99. The molecule has 7 heteroatoms. The number of hydrogen-bond donors (Lipinski definition) is 1. The van der Waals surface area contributed by atoms with Crippen molar-refractivity contribution in [1.82, 2.24) is 4.98 Å². The SMILES string of the molecule is CC1COC2(N=C(N)C3(C#N)C(c4ccccn4)C23C#N)O1. The fraction of sp³-hybridized carbons (Fsp3) is 0.467. The van der Waals surface area contributed by atoms with Gasteiger partial charge in [-0.2, -0.15) is 10.5 Å². The Kier molecular flexibility index (Phi) is 2.30. The van der Waals surface area contributed by atoms with Crippen LogP contribution in [0.4, 0.5) is 0 Å². The number of nitrogens with two attached hydrogens (primary N) is 1. The maximum Gasteiger partial charge on any atom is 0.293 e. The van der Waals surface area contributed by atoms with Gasteiger partial charge in [-0.25, -0.2) is 4.99 Å². The van der Waals surface area contributed by atoms with E-state index < -0.39 is 22.7 Å². The molecular weight excluding hydrogens is 282 g/mol. The number of hydrogen-bond acceptors (Lipinski definition) is 7. The summed E-state index contributed by atoms with van der Waals surface area (Å²) in [4.78, 5) is 8.53. The Labute approximate surface area is 127 Å². The monoisotopic (exact) mass is 295 g/mol. The number of aromatic nitrogens is 1. The van der Waals surface area contributed by atoms with E-state index in [0.29, 0.717) is 12.3 Å². The lowest BCUT2D eigenvalue weighted by molar-refractivity contribution is -0.193. The van der Waals surface area contributed by atoms with Crippen LogP contribution >= 0.6 is 0 Å². The summed E-state index contributed by atoms with van der Waals surface area (Å²) in [5.74, 6) is -1.94. The van der Waals surface area contributed by atoms with Gasteiger partial charge in [-0.15, -0.1) is 0 Å². The lowest BCUT2D eigenvalue weighted by Crippen LogP contribution is -2.39. The molecule has 2 fully saturated rings. The number of amidine groups is 1. The molecule has 0 radical (unpaired) electrons. The lowest BCUT2D eigenvalue weighted by Gasteiger charge is -2.26. The minimum Gasteiger partial charge on any atom is -0.386 e. The molecule has 1 aromatic heterocycles. The van der Waals surface area contributed by atoms with Crippen LogP contribution in [0.3, 0.4) is 0 Å².